The van der Waals surface area contributed by atoms with Crippen molar-refractivity contribution in [2.45, 2.75) is 4.21 Å². The molecule has 0 radical (unpaired) electrons. The van der Waals surface area contributed by atoms with Gasteiger partial charge in [-0.3, -0.25) is 0 Å². The molecule has 0 amide bonds. The Kier molecular flexibility index (Phi) is 3.20. The third kappa shape index (κ3) is 2.35. The maximum Gasteiger partial charge on any atom is 0.273 e. The van der Waals surface area contributed by atoms with Crippen molar-refractivity contribution in [3.05, 3.63) is 25.3 Å². The Bertz CT molecular complexity index is 456. The summed E-state index contributed by atoms with van der Waals surface area (Å²) in [5.74, 6) is 0. The maximum atomic E-state index is 11.1. The van der Waals surface area contributed by atoms with Crippen molar-refractivity contribution in [3.63, 3.8) is 0 Å². The fraction of sp³-hybridized carbons (Fsp3) is 0. The van der Waals surface area contributed by atoms with Crippen LogP contribution in [0.1, 0.15) is 0 Å². The van der Waals surface area contributed by atoms with Gasteiger partial charge >= 0.3 is 0 Å². The molecule has 0 aliphatic heterocycles. The number of hydrogen-bond acceptors (Lipinski definition) is 3. The highest BCUT2D eigenvalue weighted by atomic mass is 79.9. The molecular weight excluding hydrogens is 302 g/mol. The summed E-state index contributed by atoms with van der Waals surface area (Å²) in [4.78, 5) is 2.21. The van der Waals surface area contributed by atoms with Crippen LogP contribution in [0.3, 0.4) is 0 Å². The Morgan fingerprint density at radius 1 is 1.69 bits per heavy atom. The second-order valence-electron chi connectivity index (χ2n) is 1.83. The minimum Gasteiger partial charge on any atom is -0.215 e. The lowest BCUT2D eigenvalue weighted by molar-refractivity contribution is 0.599. The van der Waals surface area contributed by atoms with Gasteiger partial charge in [-0.05, 0) is 27.5 Å². The van der Waals surface area contributed by atoms with Gasteiger partial charge in [0.2, 0.25) is 0 Å². The molecule has 0 saturated carbocycles. The average Bonchev–Trinajstić information content (AvgIpc) is 2.33. The van der Waals surface area contributed by atoms with Gasteiger partial charge < -0.3 is 0 Å². The molecule has 9 heteroatoms. The van der Waals surface area contributed by atoms with Crippen LogP contribution >= 0.6 is 38.9 Å². The average molecular weight is 303 g/mol. The fourth-order valence-corrected chi connectivity index (χ4v) is 3.58. The molecule has 1 aromatic rings. The highest BCUT2D eigenvalue weighted by molar-refractivity contribution is 9.11. The van der Waals surface area contributed by atoms with E-state index in [0.29, 0.717) is 3.79 Å². The minimum absolute atomic E-state index is 0.0813. The third-order valence-electron chi connectivity index (χ3n) is 1.02. The van der Waals surface area contributed by atoms with Crippen LogP contribution in [-0.2, 0) is 10.0 Å². The van der Waals surface area contributed by atoms with Crippen molar-refractivity contribution >= 4 is 48.9 Å². The van der Waals surface area contributed by atoms with E-state index in [-0.39, 0.29) is 9.23 Å². The first-order chi connectivity index (χ1) is 5.97. The van der Waals surface area contributed by atoms with Crippen molar-refractivity contribution in [1.29, 1.82) is 0 Å². The molecule has 0 unspecified atom stereocenters. The molecule has 0 fully saturated rings. The predicted molar refractivity (Wildman–Crippen MR) is 53.4 cm³/mol. The highest BCUT2D eigenvalue weighted by Gasteiger charge is 2.17. The molecule has 13 heavy (non-hydrogen) atoms. The van der Waals surface area contributed by atoms with Crippen molar-refractivity contribution < 1.29 is 8.42 Å². The van der Waals surface area contributed by atoms with Gasteiger partial charge in [-0.2, -0.15) is 0 Å². The van der Waals surface area contributed by atoms with Crippen LogP contribution in [0.5, 0.6) is 0 Å². The lowest BCUT2D eigenvalue weighted by atomic mass is 10.7. The molecular formula is C4HBrClN3O2S2. The second kappa shape index (κ2) is 3.85. The standard InChI is InChI=1S/C4HBrClN3O2S2/c5-4-2(6)1-3(12-4)13(10,11)9-8-7/h1H. The van der Waals surface area contributed by atoms with Gasteiger partial charge in [-0.15, -0.1) is 11.3 Å². The number of nitrogens with zero attached hydrogens (tertiary/aromatic N) is 3. The maximum absolute atomic E-state index is 11.1. The van der Waals surface area contributed by atoms with Gasteiger partial charge in [0.25, 0.3) is 10.0 Å². The molecule has 0 aromatic carbocycles. The van der Waals surface area contributed by atoms with Crippen LogP contribution in [-0.4, -0.2) is 8.42 Å². The molecule has 70 valence electrons. The summed E-state index contributed by atoms with van der Waals surface area (Å²) >= 11 is 9.54. The summed E-state index contributed by atoms with van der Waals surface area (Å²) in [5.41, 5.74) is 7.98. The summed E-state index contributed by atoms with van der Waals surface area (Å²) in [6.07, 6.45) is 0. The number of azide groups is 1. The van der Waals surface area contributed by atoms with Crippen molar-refractivity contribution in [2.24, 2.45) is 4.52 Å². The van der Waals surface area contributed by atoms with E-state index >= 15 is 0 Å². The smallest absolute Gasteiger partial charge is 0.215 e. The van der Waals surface area contributed by atoms with Crippen molar-refractivity contribution in [2.75, 3.05) is 0 Å². The topological polar surface area (TPSA) is 82.9 Å². The Labute approximate surface area is 91.1 Å². The number of sulfonamides is 1. The van der Waals surface area contributed by atoms with E-state index in [9.17, 15) is 8.42 Å². The summed E-state index contributed by atoms with van der Waals surface area (Å²) in [5, 5.41) is 0.275. The third-order valence-corrected chi connectivity index (χ3v) is 5.09. The van der Waals surface area contributed by atoms with Crippen LogP contribution in [0, 0.1) is 0 Å². The summed E-state index contributed by atoms with van der Waals surface area (Å²) < 4.78 is 25.3. The molecule has 0 saturated heterocycles. The predicted octanol–water partition coefficient (Wildman–Crippen LogP) is 3.16. The van der Waals surface area contributed by atoms with Crippen LogP contribution in [0.2, 0.25) is 5.02 Å². The second-order valence-corrected chi connectivity index (χ2v) is 6.42. The van der Waals surface area contributed by atoms with Gasteiger partial charge in [0.1, 0.15) is 4.21 Å². The van der Waals surface area contributed by atoms with Crippen LogP contribution in [0.15, 0.2) is 18.6 Å². The molecule has 0 spiro atoms. The molecule has 5 nitrogen and oxygen atoms in total. The quantitative estimate of drug-likeness (QED) is 0.477. The monoisotopic (exact) mass is 301 g/mol. The van der Waals surface area contributed by atoms with Crippen molar-refractivity contribution in [3.8, 4) is 0 Å². The fourth-order valence-electron chi connectivity index (χ4n) is 0.542. The van der Waals surface area contributed by atoms with Gasteiger partial charge in [-0.1, -0.05) is 11.6 Å². The van der Waals surface area contributed by atoms with E-state index in [1.54, 1.807) is 0 Å². The number of rotatable bonds is 2. The first-order valence-electron chi connectivity index (χ1n) is 2.73. The zero-order valence-corrected chi connectivity index (χ0v) is 9.78. The lowest BCUT2D eigenvalue weighted by Crippen LogP contribution is -1.90. The van der Waals surface area contributed by atoms with E-state index in [4.69, 9.17) is 17.1 Å². The lowest BCUT2D eigenvalue weighted by Gasteiger charge is -1.86. The molecule has 0 atom stereocenters. The molecule has 1 rings (SSSR count). The normalized spacial score (nSPS) is 10.9. The summed E-state index contributed by atoms with van der Waals surface area (Å²) in [7, 11) is -3.90. The van der Waals surface area contributed by atoms with Gasteiger partial charge in [0, 0.05) is 9.43 Å². The highest BCUT2D eigenvalue weighted by Crippen LogP contribution is 2.35. The number of hydrogen-bond donors (Lipinski definition) is 0. The SMILES string of the molecule is [N-]=[N+]=NS(=O)(=O)c1cc(Cl)c(Br)s1. The Hall–Kier alpha value is -0.270. The van der Waals surface area contributed by atoms with E-state index in [1.165, 1.54) is 6.07 Å². The molecule has 0 bridgehead atoms. The molecule has 0 N–H and O–H groups in total. The molecule has 0 aliphatic rings. The zero-order chi connectivity index (χ0) is 10.1. The van der Waals surface area contributed by atoms with Gasteiger partial charge in [-0.25, -0.2) is 8.42 Å². The first-order valence-corrected chi connectivity index (χ1v) is 6.16. The molecule has 0 aliphatic carbocycles. The van der Waals surface area contributed by atoms with E-state index in [1.807, 2.05) is 0 Å². The van der Waals surface area contributed by atoms with Crippen LogP contribution < -0.4 is 0 Å². The Morgan fingerprint density at radius 2 is 2.31 bits per heavy atom. The van der Waals surface area contributed by atoms with Gasteiger partial charge in [0.15, 0.2) is 0 Å². The molecule has 1 aromatic heterocycles. The first kappa shape index (κ1) is 10.8. The Balaban J connectivity index is 3.31. The number of thiophene rings is 1. The van der Waals surface area contributed by atoms with E-state index in [2.05, 4.69) is 25.4 Å². The van der Waals surface area contributed by atoms with Crippen molar-refractivity contribution in [1.82, 2.24) is 0 Å². The summed E-state index contributed by atoms with van der Waals surface area (Å²) in [6, 6.07) is 1.22. The Morgan fingerprint density at radius 3 is 2.69 bits per heavy atom. The van der Waals surface area contributed by atoms with Crippen LogP contribution in [0.4, 0.5) is 0 Å². The summed E-state index contributed by atoms with van der Waals surface area (Å²) in [6.45, 7) is 0. The largest absolute Gasteiger partial charge is 0.273 e. The number of halogens is 2. The zero-order valence-electron chi connectivity index (χ0n) is 5.81. The van der Waals surface area contributed by atoms with E-state index in [0.717, 1.165) is 11.3 Å². The molecule has 1 heterocycles. The van der Waals surface area contributed by atoms with E-state index < -0.39 is 10.0 Å². The van der Waals surface area contributed by atoms with Gasteiger partial charge in [0.05, 0.1) is 8.81 Å². The van der Waals surface area contributed by atoms with Crippen LogP contribution in [0.25, 0.3) is 10.4 Å². The minimum atomic E-state index is -3.90.